The number of amides is 1. The second kappa shape index (κ2) is 7.00. The number of aromatic nitrogens is 2. The maximum absolute atomic E-state index is 13.3. The van der Waals surface area contributed by atoms with Crippen molar-refractivity contribution in [3.8, 4) is 0 Å². The minimum Gasteiger partial charge on any atom is -0.300 e. The molecule has 2 heterocycles. The van der Waals surface area contributed by atoms with Crippen LogP contribution in [0.4, 0.5) is 10.8 Å². The first kappa shape index (κ1) is 19.7. The number of carbonyl (C=O) groups is 1. The van der Waals surface area contributed by atoms with Crippen molar-refractivity contribution in [3.05, 3.63) is 29.8 Å². The zero-order chi connectivity index (χ0) is 21.2. The Labute approximate surface area is 186 Å². The number of hydrogen-bond donors (Lipinski definition) is 1. The second-order valence-corrected chi connectivity index (χ2v) is 12.8. The topological polar surface area (TPSA) is 92.3 Å². The van der Waals surface area contributed by atoms with E-state index in [4.69, 9.17) is 0 Å². The van der Waals surface area contributed by atoms with Crippen molar-refractivity contribution in [2.45, 2.75) is 55.7 Å². The summed E-state index contributed by atoms with van der Waals surface area (Å²) in [6.07, 6.45) is 8.31. The molecule has 0 radical (unpaired) electrons. The summed E-state index contributed by atoms with van der Waals surface area (Å²) in [6, 6.07) is 7.58. The Balaban J connectivity index is 1.23. The van der Waals surface area contributed by atoms with Crippen molar-refractivity contribution >= 4 is 38.1 Å². The molecular formula is C22H26N4O3S2. The standard InChI is InChI=1S/C22H26N4O3S2/c27-19(22-11-14-8-15(12-22)10-16(9-14)13-22)23-20-24-25-21(30-20)31(28,29)26-7-3-5-17-4-1-2-6-18(17)26/h1-2,4,6,14-16H,3,5,7-13H2,(H,23,24,27). The van der Waals surface area contributed by atoms with Gasteiger partial charge in [-0.15, -0.1) is 10.2 Å². The van der Waals surface area contributed by atoms with Crippen LogP contribution in [0.1, 0.15) is 50.5 Å². The number of rotatable bonds is 4. The number of nitrogens with one attached hydrogen (secondary N) is 1. The van der Waals surface area contributed by atoms with E-state index in [-0.39, 0.29) is 20.8 Å². The Morgan fingerprint density at radius 3 is 2.45 bits per heavy atom. The number of benzene rings is 1. The molecule has 1 amide bonds. The van der Waals surface area contributed by atoms with Gasteiger partial charge < -0.3 is 5.32 Å². The fourth-order valence-electron chi connectivity index (χ4n) is 6.83. The lowest BCUT2D eigenvalue weighted by molar-refractivity contribution is -0.140. The summed E-state index contributed by atoms with van der Waals surface area (Å²) in [7, 11) is -3.81. The first-order chi connectivity index (χ1) is 14.9. The van der Waals surface area contributed by atoms with Gasteiger partial charge in [-0.25, -0.2) is 0 Å². The van der Waals surface area contributed by atoms with Gasteiger partial charge in [0.2, 0.25) is 11.0 Å². The van der Waals surface area contributed by atoms with Gasteiger partial charge in [-0.3, -0.25) is 9.10 Å². The van der Waals surface area contributed by atoms with Gasteiger partial charge in [0.05, 0.1) is 11.1 Å². The molecule has 0 saturated heterocycles. The van der Waals surface area contributed by atoms with E-state index in [1.807, 2.05) is 24.3 Å². The van der Waals surface area contributed by atoms with E-state index in [1.54, 1.807) is 0 Å². The normalized spacial score (nSPS) is 31.5. The molecule has 31 heavy (non-hydrogen) atoms. The highest BCUT2D eigenvalue weighted by Crippen LogP contribution is 2.60. The minimum absolute atomic E-state index is 0.00927. The average molecular weight is 459 g/mol. The van der Waals surface area contributed by atoms with Crippen LogP contribution in [0.3, 0.4) is 0 Å². The van der Waals surface area contributed by atoms with Crippen LogP contribution >= 0.6 is 11.3 Å². The summed E-state index contributed by atoms with van der Waals surface area (Å²) in [5.41, 5.74) is 1.44. The number of anilines is 2. The van der Waals surface area contributed by atoms with E-state index in [2.05, 4.69) is 15.5 Å². The molecule has 1 aliphatic heterocycles. The lowest BCUT2D eigenvalue weighted by Crippen LogP contribution is -2.51. The van der Waals surface area contributed by atoms with Crippen LogP contribution in [0.15, 0.2) is 28.6 Å². The summed E-state index contributed by atoms with van der Waals surface area (Å²) in [5, 5.41) is 11.2. The summed E-state index contributed by atoms with van der Waals surface area (Å²) in [6.45, 7) is 0.424. The maximum Gasteiger partial charge on any atom is 0.293 e. The zero-order valence-corrected chi connectivity index (χ0v) is 18.9. The van der Waals surface area contributed by atoms with Gasteiger partial charge in [0.15, 0.2) is 0 Å². The van der Waals surface area contributed by atoms with Gasteiger partial charge in [-0.2, -0.15) is 8.42 Å². The van der Waals surface area contributed by atoms with E-state index in [1.165, 1.54) is 23.6 Å². The second-order valence-electron chi connectivity index (χ2n) is 9.83. The molecule has 4 saturated carbocycles. The Morgan fingerprint density at radius 2 is 1.74 bits per heavy atom. The molecule has 1 N–H and O–H groups in total. The van der Waals surface area contributed by atoms with Gasteiger partial charge in [0.25, 0.3) is 14.4 Å². The number of nitrogens with zero attached hydrogens (tertiary/aromatic N) is 3. The highest BCUT2D eigenvalue weighted by Gasteiger charge is 2.54. The molecular weight excluding hydrogens is 432 g/mol. The lowest BCUT2D eigenvalue weighted by atomic mass is 9.49. The van der Waals surface area contributed by atoms with E-state index in [0.29, 0.717) is 30.0 Å². The van der Waals surface area contributed by atoms with E-state index in [9.17, 15) is 13.2 Å². The van der Waals surface area contributed by atoms with Gasteiger partial charge in [0, 0.05) is 6.54 Å². The summed E-state index contributed by atoms with van der Waals surface area (Å²) >= 11 is 0.957. The quantitative estimate of drug-likeness (QED) is 0.703. The van der Waals surface area contributed by atoms with Crippen molar-refractivity contribution in [1.82, 2.24) is 10.2 Å². The fourth-order valence-corrected chi connectivity index (χ4v) is 9.37. The van der Waals surface area contributed by atoms with Gasteiger partial charge in [-0.05, 0) is 80.8 Å². The zero-order valence-electron chi connectivity index (χ0n) is 17.3. The largest absolute Gasteiger partial charge is 0.300 e. The summed E-state index contributed by atoms with van der Waals surface area (Å²) < 4.78 is 27.9. The highest BCUT2D eigenvalue weighted by atomic mass is 32.2. The van der Waals surface area contributed by atoms with Crippen LogP contribution in [0.5, 0.6) is 0 Å². The number of hydrogen-bond acceptors (Lipinski definition) is 6. The van der Waals surface area contributed by atoms with Crippen molar-refractivity contribution in [3.63, 3.8) is 0 Å². The average Bonchev–Trinajstić information content (AvgIpc) is 3.22. The molecule has 164 valence electrons. The first-order valence-electron chi connectivity index (χ1n) is 11.2. The monoisotopic (exact) mass is 458 g/mol. The highest BCUT2D eigenvalue weighted by molar-refractivity contribution is 7.94. The van der Waals surface area contributed by atoms with E-state index in [0.717, 1.165) is 49.0 Å². The Kier molecular flexibility index (Phi) is 4.44. The third kappa shape index (κ3) is 3.19. The lowest BCUT2D eigenvalue weighted by Gasteiger charge is -2.55. The molecule has 4 fully saturated rings. The van der Waals surface area contributed by atoms with Crippen LogP contribution in [0.2, 0.25) is 0 Å². The first-order valence-corrected chi connectivity index (χ1v) is 13.4. The van der Waals surface area contributed by atoms with Crippen LogP contribution in [0, 0.1) is 23.2 Å². The van der Waals surface area contributed by atoms with E-state index >= 15 is 0 Å². The summed E-state index contributed by atoms with van der Waals surface area (Å²) in [4.78, 5) is 13.3. The molecule has 4 bridgehead atoms. The van der Waals surface area contributed by atoms with Crippen LogP contribution in [0.25, 0.3) is 0 Å². The third-order valence-electron chi connectivity index (χ3n) is 7.73. The smallest absolute Gasteiger partial charge is 0.293 e. The molecule has 0 spiro atoms. The molecule has 1 aromatic carbocycles. The maximum atomic E-state index is 13.3. The van der Waals surface area contributed by atoms with Gasteiger partial charge in [0.1, 0.15) is 0 Å². The predicted octanol–water partition coefficient (Wildman–Crippen LogP) is 3.83. The molecule has 7 nitrogen and oxygen atoms in total. The number of aryl methyl sites for hydroxylation is 1. The number of fused-ring (bicyclic) bond motifs is 1. The van der Waals surface area contributed by atoms with E-state index < -0.39 is 10.0 Å². The minimum atomic E-state index is -3.81. The molecule has 1 aromatic heterocycles. The molecule has 0 unspecified atom stereocenters. The molecule has 7 rings (SSSR count). The van der Waals surface area contributed by atoms with Crippen molar-refractivity contribution < 1.29 is 13.2 Å². The van der Waals surface area contributed by atoms with Crippen LogP contribution in [-0.2, 0) is 21.2 Å². The van der Waals surface area contributed by atoms with Crippen molar-refractivity contribution in [2.24, 2.45) is 23.2 Å². The molecule has 2 aromatic rings. The van der Waals surface area contributed by atoms with Gasteiger partial charge >= 0.3 is 0 Å². The molecule has 9 heteroatoms. The number of sulfonamides is 1. The SMILES string of the molecule is O=C(Nc1nnc(S(=O)(=O)N2CCCc3ccccc32)s1)C12CC3CC(CC(C3)C1)C2. The van der Waals surface area contributed by atoms with Crippen molar-refractivity contribution in [2.75, 3.05) is 16.2 Å². The third-order valence-corrected chi connectivity index (χ3v) is 10.7. The van der Waals surface area contributed by atoms with Gasteiger partial charge in [-0.1, -0.05) is 29.5 Å². The molecule has 4 aliphatic carbocycles. The Bertz CT molecular complexity index is 1110. The molecule has 5 aliphatic rings. The Hall–Kier alpha value is -2.00. The fraction of sp³-hybridized carbons (Fsp3) is 0.591. The molecule has 0 atom stereocenters. The van der Waals surface area contributed by atoms with Crippen molar-refractivity contribution in [1.29, 1.82) is 0 Å². The van der Waals surface area contributed by atoms with Crippen LogP contribution in [-0.4, -0.2) is 31.1 Å². The number of carbonyl (C=O) groups excluding carboxylic acids is 1. The van der Waals surface area contributed by atoms with Crippen LogP contribution < -0.4 is 9.62 Å². The predicted molar refractivity (Wildman–Crippen MR) is 118 cm³/mol. The summed E-state index contributed by atoms with van der Waals surface area (Å²) in [5.74, 6) is 2.01. The Morgan fingerprint density at radius 1 is 1.06 bits per heavy atom. The number of para-hydroxylation sites is 1.